The van der Waals surface area contributed by atoms with Crippen molar-refractivity contribution < 1.29 is 4.79 Å². The first-order valence-corrected chi connectivity index (χ1v) is 8.01. The number of carbonyl (C=O) groups excluding carboxylic acids is 1. The number of amides is 1. The van der Waals surface area contributed by atoms with Crippen LogP contribution in [0.25, 0.3) is 0 Å². The van der Waals surface area contributed by atoms with Gasteiger partial charge in [-0.05, 0) is 24.3 Å². The molecule has 0 aliphatic heterocycles. The smallest absolute Gasteiger partial charge is 0.225 e. The molecule has 0 saturated heterocycles. The third-order valence-corrected chi connectivity index (χ3v) is 5.17. The molecule has 0 aromatic carbocycles. The van der Waals surface area contributed by atoms with Gasteiger partial charge in [-0.3, -0.25) is 4.79 Å². The Bertz CT molecular complexity index is 352. The molecule has 17 heavy (non-hydrogen) atoms. The van der Waals surface area contributed by atoms with Crippen molar-refractivity contribution in [3.05, 3.63) is 22.4 Å². The average molecular weight is 316 g/mol. The van der Waals surface area contributed by atoms with Crippen LogP contribution in [0.5, 0.6) is 0 Å². The zero-order valence-electron chi connectivity index (χ0n) is 9.82. The number of nitrogens with one attached hydrogen (secondary N) is 1. The van der Waals surface area contributed by atoms with Crippen LogP contribution in [0.3, 0.4) is 0 Å². The van der Waals surface area contributed by atoms with E-state index in [1.807, 2.05) is 17.5 Å². The molecule has 1 aliphatic carbocycles. The Labute approximate surface area is 115 Å². The van der Waals surface area contributed by atoms with Crippen molar-refractivity contribution in [2.45, 2.75) is 49.4 Å². The minimum atomic E-state index is 0.156. The van der Waals surface area contributed by atoms with E-state index in [1.54, 1.807) is 11.3 Å². The Balaban J connectivity index is 1.84. The third-order valence-electron chi connectivity index (χ3n) is 3.19. The highest BCUT2D eigenvalue weighted by atomic mass is 79.9. The van der Waals surface area contributed by atoms with Crippen LogP contribution in [0.4, 0.5) is 0 Å². The van der Waals surface area contributed by atoms with Crippen LogP contribution in [0.2, 0.25) is 0 Å². The summed E-state index contributed by atoms with van der Waals surface area (Å²) in [5.41, 5.74) is 0. The maximum absolute atomic E-state index is 11.9. The van der Waals surface area contributed by atoms with Crippen molar-refractivity contribution in [1.82, 2.24) is 5.32 Å². The topological polar surface area (TPSA) is 29.1 Å². The van der Waals surface area contributed by atoms with Crippen LogP contribution in [0.1, 0.15) is 37.0 Å². The predicted molar refractivity (Wildman–Crippen MR) is 75.8 cm³/mol. The third kappa shape index (κ3) is 4.11. The predicted octanol–water partition coefficient (Wildman–Crippen LogP) is 3.50. The normalized spacial score (nSPS) is 25.2. The molecular weight excluding hydrogens is 298 g/mol. The molecule has 1 N–H and O–H groups in total. The Morgan fingerprint density at radius 1 is 1.41 bits per heavy atom. The van der Waals surface area contributed by atoms with Gasteiger partial charge in [-0.1, -0.05) is 41.3 Å². The summed E-state index contributed by atoms with van der Waals surface area (Å²) in [6, 6.07) is 4.32. The van der Waals surface area contributed by atoms with Crippen molar-refractivity contribution in [2.75, 3.05) is 0 Å². The molecular formula is C13H18BrNOS. The highest BCUT2D eigenvalue weighted by Gasteiger charge is 2.22. The van der Waals surface area contributed by atoms with E-state index < -0.39 is 0 Å². The molecule has 0 bridgehead atoms. The van der Waals surface area contributed by atoms with Gasteiger partial charge in [-0.25, -0.2) is 0 Å². The van der Waals surface area contributed by atoms with E-state index in [0.29, 0.717) is 17.3 Å². The fraction of sp³-hybridized carbons (Fsp3) is 0.615. The van der Waals surface area contributed by atoms with E-state index >= 15 is 0 Å². The van der Waals surface area contributed by atoms with Crippen LogP contribution < -0.4 is 5.32 Å². The van der Waals surface area contributed by atoms with Crippen molar-refractivity contribution in [2.24, 2.45) is 0 Å². The Hall–Kier alpha value is -0.350. The van der Waals surface area contributed by atoms with E-state index in [0.717, 1.165) is 11.3 Å². The average Bonchev–Trinajstić information content (AvgIpc) is 2.71. The van der Waals surface area contributed by atoms with Gasteiger partial charge in [-0.2, -0.15) is 0 Å². The molecule has 1 aliphatic rings. The second kappa shape index (κ2) is 6.55. The van der Waals surface area contributed by atoms with Gasteiger partial charge in [0.1, 0.15) is 0 Å². The quantitative estimate of drug-likeness (QED) is 0.671. The van der Waals surface area contributed by atoms with Crippen LogP contribution in [-0.2, 0) is 11.2 Å². The zero-order chi connectivity index (χ0) is 12.1. The monoisotopic (exact) mass is 315 g/mol. The fourth-order valence-corrected chi connectivity index (χ4v) is 3.68. The first-order valence-electron chi connectivity index (χ1n) is 6.21. The summed E-state index contributed by atoms with van der Waals surface area (Å²) in [4.78, 5) is 13.5. The Morgan fingerprint density at radius 2 is 2.24 bits per heavy atom. The highest BCUT2D eigenvalue weighted by Crippen LogP contribution is 2.23. The summed E-state index contributed by atoms with van der Waals surface area (Å²) < 4.78 is 0. The fourth-order valence-electron chi connectivity index (χ4n) is 2.25. The number of carbonyl (C=O) groups is 1. The number of alkyl halides is 1. The first kappa shape index (κ1) is 13.1. The summed E-state index contributed by atoms with van der Waals surface area (Å²) in [5.74, 6) is 0.156. The number of hydrogen-bond acceptors (Lipinski definition) is 2. The van der Waals surface area contributed by atoms with Crippen LogP contribution in [-0.4, -0.2) is 16.8 Å². The molecule has 2 nitrogen and oxygen atoms in total. The molecule has 1 aromatic rings. The van der Waals surface area contributed by atoms with Crippen molar-refractivity contribution in [3.63, 3.8) is 0 Å². The Kier molecular flexibility index (Phi) is 5.04. The minimum Gasteiger partial charge on any atom is -0.352 e. The molecule has 94 valence electrons. The van der Waals surface area contributed by atoms with E-state index in [4.69, 9.17) is 0 Å². The zero-order valence-corrected chi connectivity index (χ0v) is 12.2. The summed E-state index contributed by atoms with van der Waals surface area (Å²) in [6.45, 7) is 0. The van der Waals surface area contributed by atoms with Gasteiger partial charge in [0.05, 0.1) is 6.42 Å². The molecule has 1 saturated carbocycles. The second-order valence-electron chi connectivity index (χ2n) is 4.58. The van der Waals surface area contributed by atoms with E-state index in [9.17, 15) is 4.79 Å². The standard InChI is InChI=1S/C13H18BrNOS/c14-11-6-2-1-3-7-12(11)15-13(16)9-10-5-4-8-17-10/h4-5,8,11-12H,1-3,6-7,9H2,(H,15,16). The number of hydrogen-bond donors (Lipinski definition) is 1. The van der Waals surface area contributed by atoms with Gasteiger partial charge in [0, 0.05) is 15.7 Å². The maximum Gasteiger partial charge on any atom is 0.225 e. The minimum absolute atomic E-state index is 0.156. The first-order chi connectivity index (χ1) is 8.25. The highest BCUT2D eigenvalue weighted by molar-refractivity contribution is 9.09. The van der Waals surface area contributed by atoms with Crippen molar-refractivity contribution in [3.8, 4) is 0 Å². The molecule has 1 aromatic heterocycles. The number of rotatable bonds is 3. The van der Waals surface area contributed by atoms with Gasteiger partial charge in [0.15, 0.2) is 0 Å². The molecule has 4 heteroatoms. The van der Waals surface area contributed by atoms with E-state index in [-0.39, 0.29) is 5.91 Å². The molecule has 1 heterocycles. The van der Waals surface area contributed by atoms with Gasteiger partial charge in [0.2, 0.25) is 5.91 Å². The molecule has 0 spiro atoms. The van der Waals surface area contributed by atoms with E-state index in [1.165, 1.54) is 25.7 Å². The van der Waals surface area contributed by atoms with Crippen LogP contribution in [0, 0.1) is 0 Å². The van der Waals surface area contributed by atoms with Gasteiger partial charge in [0.25, 0.3) is 0 Å². The molecule has 0 radical (unpaired) electrons. The second-order valence-corrected chi connectivity index (χ2v) is 6.79. The van der Waals surface area contributed by atoms with E-state index in [2.05, 4.69) is 21.2 Å². The lowest BCUT2D eigenvalue weighted by atomic mass is 10.1. The molecule has 1 amide bonds. The summed E-state index contributed by atoms with van der Waals surface area (Å²) in [6.07, 6.45) is 6.59. The number of thiophene rings is 1. The largest absolute Gasteiger partial charge is 0.352 e. The maximum atomic E-state index is 11.9. The Morgan fingerprint density at radius 3 is 3.00 bits per heavy atom. The molecule has 1 fully saturated rings. The van der Waals surface area contributed by atoms with Gasteiger partial charge >= 0.3 is 0 Å². The van der Waals surface area contributed by atoms with Crippen molar-refractivity contribution in [1.29, 1.82) is 0 Å². The van der Waals surface area contributed by atoms with Gasteiger partial charge in [-0.15, -0.1) is 11.3 Å². The molecule has 2 atom stereocenters. The van der Waals surface area contributed by atoms with Crippen molar-refractivity contribution >= 4 is 33.2 Å². The summed E-state index contributed by atoms with van der Waals surface area (Å²) >= 11 is 5.34. The summed E-state index contributed by atoms with van der Waals surface area (Å²) in [7, 11) is 0. The molecule has 2 unspecified atom stereocenters. The lowest BCUT2D eigenvalue weighted by molar-refractivity contribution is -0.121. The summed E-state index contributed by atoms with van der Waals surface area (Å²) in [5, 5.41) is 5.18. The van der Waals surface area contributed by atoms with Crippen LogP contribution >= 0.6 is 27.3 Å². The van der Waals surface area contributed by atoms with Crippen LogP contribution in [0.15, 0.2) is 17.5 Å². The molecule has 2 rings (SSSR count). The lowest BCUT2D eigenvalue weighted by Crippen LogP contribution is -2.40. The lowest BCUT2D eigenvalue weighted by Gasteiger charge is -2.21. The SMILES string of the molecule is O=C(Cc1cccs1)NC1CCCCCC1Br. The number of halogens is 1. The van der Waals surface area contributed by atoms with Gasteiger partial charge < -0.3 is 5.32 Å².